The van der Waals surface area contributed by atoms with Crippen LogP contribution in [0.2, 0.25) is 0 Å². The van der Waals surface area contributed by atoms with Gasteiger partial charge in [-0.25, -0.2) is 13.6 Å². The molecule has 2 atom stereocenters. The Balaban J connectivity index is 3.09. The number of aromatic nitrogens is 1. The molecule has 5 nitrogen and oxygen atoms in total. The van der Waals surface area contributed by atoms with Gasteiger partial charge in [-0.05, 0) is 32.0 Å². The van der Waals surface area contributed by atoms with E-state index < -0.39 is 10.0 Å². The molecule has 1 heterocycles. The fraction of sp³-hybridized carbons (Fsp3) is 0.583. The first-order chi connectivity index (χ1) is 8.27. The molecular weight excluding hydrogens is 250 g/mol. The summed E-state index contributed by atoms with van der Waals surface area (Å²) < 4.78 is 22.3. The number of nitrogens with zero attached hydrogens (tertiary/aromatic N) is 1. The van der Waals surface area contributed by atoms with Crippen LogP contribution >= 0.6 is 0 Å². The lowest BCUT2D eigenvalue weighted by molar-refractivity contribution is 0.388. The van der Waals surface area contributed by atoms with Gasteiger partial charge in [0, 0.05) is 23.9 Å². The van der Waals surface area contributed by atoms with Crippen molar-refractivity contribution in [2.75, 3.05) is 7.05 Å². The van der Waals surface area contributed by atoms with Gasteiger partial charge in [0.1, 0.15) is 4.90 Å². The van der Waals surface area contributed by atoms with Crippen molar-refractivity contribution in [3.63, 3.8) is 0 Å². The largest absolute Gasteiger partial charge is 0.317 e. The maximum atomic E-state index is 11.2. The van der Waals surface area contributed by atoms with Crippen LogP contribution in [0.25, 0.3) is 0 Å². The summed E-state index contributed by atoms with van der Waals surface area (Å²) in [6, 6.07) is 3.51. The van der Waals surface area contributed by atoms with E-state index in [2.05, 4.69) is 31.1 Å². The summed E-state index contributed by atoms with van der Waals surface area (Å²) in [5, 5.41) is 8.26. The van der Waals surface area contributed by atoms with Crippen molar-refractivity contribution >= 4 is 10.0 Å². The Hall–Kier alpha value is -0.980. The summed E-state index contributed by atoms with van der Waals surface area (Å²) in [6.45, 7) is 6.32. The van der Waals surface area contributed by atoms with Crippen LogP contribution in [0.1, 0.15) is 32.4 Å². The summed E-state index contributed by atoms with van der Waals surface area (Å²) in [4.78, 5) is 4.28. The van der Waals surface area contributed by atoms with Crippen molar-refractivity contribution in [3.8, 4) is 0 Å². The quantitative estimate of drug-likeness (QED) is 0.839. The molecule has 0 fully saturated rings. The fourth-order valence-corrected chi connectivity index (χ4v) is 2.57. The lowest BCUT2D eigenvalue weighted by atomic mass is 9.86. The molecule has 2 unspecified atom stereocenters. The van der Waals surface area contributed by atoms with Gasteiger partial charge in [-0.15, -0.1) is 0 Å². The Morgan fingerprint density at radius 1 is 1.28 bits per heavy atom. The average molecular weight is 271 g/mol. The van der Waals surface area contributed by atoms with E-state index in [1.54, 1.807) is 6.07 Å². The van der Waals surface area contributed by atoms with Crippen molar-refractivity contribution < 1.29 is 8.42 Å². The van der Waals surface area contributed by atoms with E-state index in [0.29, 0.717) is 5.92 Å². The van der Waals surface area contributed by atoms with Crippen LogP contribution < -0.4 is 10.5 Å². The van der Waals surface area contributed by atoms with Gasteiger partial charge >= 0.3 is 0 Å². The Morgan fingerprint density at radius 2 is 1.89 bits per heavy atom. The average Bonchev–Trinajstić information content (AvgIpc) is 2.28. The second-order valence-electron chi connectivity index (χ2n) is 4.81. The summed E-state index contributed by atoms with van der Waals surface area (Å²) in [6.07, 6.45) is 1.32. The number of nitrogens with two attached hydrogens (primary N) is 1. The molecule has 0 bridgehead atoms. The molecule has 0 saturated heterocycles. The molecule has 18 heavy (non-hydrogen) atoms. The first-order valence-electron chi connectivity index (χ1n) is 5.93. The van der Waals surface area contributed by atoms with Crippen molar-refractivity contribution in [2.24, 2.45) is 11.1 Å². The number of nitrogens with one attached hydrogen (secondary N) is 1. The van der Waals surface area contributed by atoms with E-state index in [1.165, 1.54) is 12.3 Å². The van der Waals surface area contributed by atoms with Crippen LogP contribution in [0.3, 0.4) is 0 Å². The van der Waals surface area contributed by atoms with Crippen molar-refractivity contribution in [2.45, 2.75) is 37.6 Å². The van der Waals surface area contributed by atoms with Crippen molar-refractivity contribution in [1.29, 1.82) is 0 Å². The van der Waals surface area contributed by atoms with Gasteiger partial charge in [-0.1, -0.05) is 13.8 Å². The van der Waals surface area contributed by atoms with Crippen LogP contribution in [0, 0.1) is 5.92 Å². The molecule has 102 valence electrons. The number of primary sulfonamides is 1. The third-order valence-electron chi connectivity index (χ3n) is 3.14. The lowest BCUT2D eigenvalue weighted by Gasteiger charge is -2.26. The molecule has 0 saturated carbocycles. The summed E-state index contributed by atoms with van der Waals surface area (Å²) in [5.74, 6) is 0.629. The predicted octanol–water partition coefficient (Wildman–Crippen LogP) is 1.08. The number of hydrogen-bond donors (Lipinski definition) is 2. The Labute approximate surface area is 109 Å². The van der Waals surface area contributed by atoms with Crippen molar-refractivity contribution in [3.05, 3.63) is 24.0 Å². The van der Waals surface area contributed by atoms with Crippen LogP contribution in [0.4, 0.5) is 0 Å². The van der Waals surface area contributed by atoms with Crippen molar-refractivity contribution in [1.82, 2.24) is 10.3 Å². The third kappa shape index (κ3) is 3.51. The standard InChI is InChI=1S/C12H21N3O2S/c1-8(2)12(9(3)14-4)11-6-5-10(7-15-11)18(13,16)17/h5-9,12,14H,1-4H3,(H2,13,16,17). The minimum absolute atomic E-state index is 0.0471. The zero-order chi connectivity index (χ0) is 13.9. The second-order valence-corrected chi connectivity index (χ2v) is 6.37. The normalized spacial score (nSPS) is 15.7. The highest BCUT2D eigenvalue weighted by Gasteiger charge is 2.23. The van der Waals surface area contributed by atoms with Crippen LogP contribution in [0.15, 0.2) is 23.2 Å². The van der Waals surface area contributed by atoms with Crippen LogP contribution in [0.5, 0.6) is 0 Å². The number of likely N-dealkylation sites (N-methyl/N-ethyl adjacent to an activating group) is 1. The number of hydrogen-bond acceptors (Lipinski definition) is 4. The van der Waals surface area contributed by atoms with E-state index in [9.17, 15) is 8.42 Å². The minimum atomic E-state index is -3.67. The van der Waals surface area contributed by atoms with Gasteiger partial charge in [0.05, 0.1) is 0 Å². The van der Waals surface area contributed by atoms with Gasteiger partial charge in [-0.3, -0.25) is 4.98 Å². The molecular formula is C12H21N3O2S. The summed E-state index contributed by atoms with van der Waals surface area (Å²) in [5.41, 5.74) is 0.874. The first-order valence-corrected chi connectivity index (χ1v) is 7.48. The zero-order valence-electron chi connectivity index (χ0n) is 11.2. The zero-order valence-corrected chi connectivity index (χ0v) is 12.0. The SMILES string of the molecule is CNC(C)C(c1ccc(S(N)(=O)=O)cn1)C(C)C. The fourth-order valence-electron chi connectivity index (χ4n) is 2.11. The molecule has 0 aliphatic rings. The van der Waals surface area contributed by atoms with Gasteiger partial charge in [-0.2, -0.15) is 0 Å². The van der Waals surface area contributed by atoms with Gasteiger partial charge in [0.25, 0.3) is 0 Å². The van der Waals surface area contributed by atoms with E-state index in [0.717, 1.165) is 5.69 Å². The lowest BCUT2D eigenvalue weighted by Crippen LogP contribution is -2.32. The number of rotatable bonds is 5. The molecule has 1 aromatic rings. The van der Waals surface area contributed by atoms with E-state index in [-0.39, 0.29) is 16.9 Å². The van der Waals surface area contributed by atoms with E-state index >= 15 is 0 Å². The molecule has 0 aliphatic carbocycles. The summed E-state index contributed by atoms with van der Waals surface area (Å²) in [7, 11) is -1.77. The van der Waals surface area contributed by atoms with Gasteiger partial charge in [0.2, 0.25) is 10.0 Å². The second kappa shape index (κ2) is 5.77. The first kappa shape index (κ1) is 15.1. The third-order valence-corrected chi connectivity index (χ3v) is 4.04. The van der Waals surface area contributed by atoms with E-state index in [4.69, 9.17) is 5.14 Å². The molecule has 3 N–H and O–H groups in total. The van der Waals surface area contributed by atoms with Gasteiger partial charge in [0.15, 0.2) is 0 Å². The molecule has 0 radical (unpaired) electrons. The molecule has 6 heteroatoms. The topological polar surface area (TPSA) is 85.1 Å². The minimum Gasteiger partial charge on any atom is -0.317 e. The smallest absolute Gasteiger partial charge is 0.239 e. The van der Waals surface area contributed by atoms with E-state index in [1.807, 2.05) is 7.05 Å². The molecule has 1 rings (SSSR count). The predicted molar refractivity (Wildman–Crippen MR) is 71.7 cm³/mol. The number of pyridine rings is 1. The molecule has 0 amide bonds. The van der Waals surface area contributed by atoms with Crippen LogP contribution in [-0.4, -0.2) is 26.5 Å². The highest BCUT2D eigenvalue weighted by Crippen LogP contribution is 2.26. The molecule has 0 aliphatic heterocycles. The Bertz CT molecular complexity index is 483. The molecule has 0 spiro atoms. The maximum absolute atomic E-state index is 11.2. The molecule has 0 aromatic carbocycles. The maximum Gasteiger partial charge on any atom is 0.239 e. The highest BCUT2D eigenvalue weighted by atomic mass is 32.2. The Kier molecular flexibility index (Phi) is 4.84. The highest BCUT2D eigenvalue weighted by molar-refractivity contribution is 7.89. The summed E-state index contributed by atoms with van der Waals surface area (Å²) >= 11 is 0. The monoisotopic (exact) mass is 271 g/mol. The van der Waals surface area contributed by atoms with Gasteiger partial charge < -0.3 is 5.32 Å². The van der Waals surface area contributed by atoms with Crippen LogP contribution in [-0.2, 0) is 10.0 Å². The number of sulfonamides is 1. The Morgan fingerprint density at radius 3 is 2.22 bits per heavy atom. The molecule has 1 aromatic heterocycles.